The maximum Gasteiger partial charge on any atom is 0.271 e. The fourth-order valence-corrected chi connectivity index (χ4v) is 5.16. The summed E-state index contributed by atoms with van der Waals surface area (Å²) in [7, 11) is -1.97. The van der Waals surface area contributed by atoms with E-state index in [2.05, 4.69) is 15.3 Å². The molecule has 1 aliphatic heterocycles. The number of hydrogen-bond acceptors (Lipinski definition) is 5. The SMILES string of the molecule is Cn1cc(S(=O)(=O)N2CCN(C(=O)c3cc(-c4ccc(Cl)cc4Cl)n[nH]3)CC2)cn1. The highest BCUT2D eigenvalue weighted by atomic mass is 35.5. The number of amides is 1. The van der Waals surface area contributed by atoms with Crippen molar-refractivity contribution < 1.29 is 13.2 Å². The lowest BCUT2D eigenvalue weighted by Gasteiger charge is -2.33. The van der Waals surface area contributed by atoms with Crippen LogP contribution in [-0.2, 0) is 17.1 Å². The average molecular weight is 469 g/mol. The van der Waals surface area contributed by atoms with Gasteiger partial charge in [-0.25, -0.2) is 8.42 Å². The molecule has 0 spiro atoms. The van der Waals surface area contributed by atoms with E-state index < -0.39 is 10.0 Å². The first-order chi connectivity index (χ1) is 14.3. The Morgan fingerprint density at radius 1 is 1.13 bits per heavy atom. The van der Waals surface area contributed by atoms with E-state index in [1.54, 1.807) is 36.2 Å². The van der Waals surface area contributed by atoms with Gasteiger partial charge in [-0.15, -0.1) is 0 Å². The lowest BCUT2D eigenvalue weighted by atomic mass is 10.1. The molecule has 1 fully saturated rings. The number of aryl methyl sites for hydroxylation is 1. The number of hydrogen-bond donors (Lipinski definition) is 1. The minimum atomic E-state index is -3.63. The van der Waals surface area contributed by atoms with Crippen molar-refractivity contribution >= 4 is 39.1 Å². The molecule has 2 aromatic heterocycles. The maximum atomic E-state index is 12.8. The quantitative estimate of drug-likeness (QED) is 0.632. The standard InChI is InChI=1S/C18H18Cl2N6O3S/c1-24-11-13(10-21-24)30(28,29)26-6-4-25(5-7-26)18(27)17-9-16(22-23-17)14-3-2-12(19)8-15(14)20/h2-3,8-11H,4-7H2,1H3,(H,22,23). The molecule has 9 nitrogen and oxygen atoms in total. The van der Waals surface area contributed by atoms with Gasteiger partial charge >= 0.3 is 0 Å². The van der Waals surface area contributed by atoms with Crippen LogP contribution in [0.3, 0.4) is 0 Å². The van der Waals surface area contributed by atoms with Gasteiger partial charge in [-0.3, -0.25) is 14.6 Å². The molecule has 1 N–H and O–H groups in total. The number of nitrogens with zero attached hydrogens (tertiary/aromatic N) is 5. The third-order valence-electron chi connectivity index (χ3n) is 4.86. The Kier molecular flexibility index (Phi) is 5.58. The molecule has 0 aliphatic carbocycles. The van der Waals surface area contributed by atoms with Crippen molar-refractivity contribution in [3.05, 3.63) is 52.4 Å². The van der Waals surface area contributed by atoms with Crippen molar-refractivity contribution in [2.45, 2.75) is 4.90 Å². The number of carbonyl (C=O) groups is 1. The zero-order valence-corrected chi connectivity index (χ0v) is 18.2. The summed E-state index contributed by atoms with van der Waals surface area (Å²) in [4.78, 5) is 14.6. The van der Waals surface area contributed by atoms with E-state index in [1.807, 2.05) is 0 Å². The maximum absolute atomic E-state index is 12.8. The topological polar surface area (TPSA) is 104 Å². The van der Waals surface area contributed by atoms with E-state index in [4.69, 9.17) is 23.2 Å². The van der Waals surface area contributed by atoms with Crippen molar-refractivity contribution in [2.24, 2.45) is 7.05 Å². The highest BCUT2D eigenvalue weighted by Gasteiger charge is 2.31. The predicted octanol–water partition coefficient (Wildman–Crippen LogP) is 2.26. The number of rotatable bonds is 4. The van der Waals surface area contributed by atoms with Gasteiger partial charge in [-0.2, -0.15) is 14.5 Å². The third kappa shape index (κ3) is 3.95. The van der Waals surface area contributed by atoms with Crippen molar-refractivity contribution in [1.29, 1.82) is 0 Å². The first-order valence-corrected chi connectivity index (χ1v) is 11.2. The van der Waals surface area contributed by atoms with Gasteiger partial charge in [-0.05, 0) is 24.3 Å². The summed E-state index contributed by atoms with van der Waals surface area (Å²) in [6.45, 7) is 0.947. The number of aromatic amines is 1. The van der Waals surface area contributed by atoms with Crippen LogP contribution in [0.25, 0.3) is 11.3 Å². The van der Waals surface area contributed by atoms with Crippen LogP contribution in [-0.4, -0.2) is 69.7 Å². The molecule has 158 valence electrons. The number of aromatic nitrogens is 4. The number of H-pyrrole nitrogens is 1. The Balaban J connectivity index is 1.44. The molecule has 1 aliphatic rings. The Morgan fingerprint density at radius 3 is 2.50 bits per heavy atom. The number of carbonyl (C=O) groups excluding carboxylic acids is 1. The molecular formula is C18H18Cl2N6O3S. The van der Waals surface area contributed by atoms with Crippen LogP contribution in [0.2, 0.25) is 10.0 Å². The van der Waals surface area contributed by atoms with Gasteiger partial charge in [-0.1, -0.05) is 23.2 Å². The molecule has 0 radical (unpaired) electrons. The molecule has 0 atom stereocenters. The molecule has 1 aromatic carbocycles. The van der Waals surface area contributed by atoms with Gasteiger partial charge in [0.15, 0.2) is 0 Å². The Morgan fingerprint density at radius 2 is 1.87 bits per heavy atom. The van der Waals surface area contributed by atoms with E-state index >= 15 is 0 Å². The smallest absolute Gasteiger partial charge is 0.271 e. The fourth-order valence-electron chi connectivity index (χ4n) is 3.25. The predicted molar refractivity (Wildman–Crippen MR) is 112 cm³/mol. The Bertz CT molecular complexity index is 1200. The molecule has 12 heteroatoms. The normalized spacial score (nSPS) is 15.5. The second-order valence-electron chi connectivity index (χ2n) is 6.84. The fraction of sp³-hybridized carbons (Fsp3) is 0.278. The summed E-state index contributed by atoms with van der Waals surface area (Å²) in [6, 6.07) is 6.66. The molecule has 3 heterocycles. The van der Waals surface area contributed by atoms with Crippen molar-refractivity contribution in [3.63, 3.8) is 0 Å². The number of halogens is 2. The molecule has 4 rings (SSSR count). The highest BCUT2D eigenvalue weighted by molar-refractivity contribution is 7.89. The largest absolute Gasteiger partial charge is 0.335 e. The summed E-state index contributed by atoms with van der Waals surface area (Å²) in [5, 5.41) is 11.8. The average Bonchev–Trinajstić information content (AvgIpc) is 3.37. The molecular weight excluding hydrogens is 451 g/mol. The zero-order valence-electron chi connectivity index (χ0n) is 15.9. The van der Waals surface area contributed by atoms with Crippen LogP contribution in [0, 0.1) is 0 Å². The first-order valence-electron chi connectivity index (χ1n) is 9.04. The molecule has 0 unspecified atom stereocenters. The van der Waals surface area contributed by atoms with E-state index in [0.29, 0.717) is 27.0 Å². The molecule has 1 saturated heterocycles. The molecule has 0 saturated carbocycles. The van der Waals surface area contributed by atoms with Crippen LogP contribution in [0.5, 0.6) is 0 Å². The molecule has 3 aromatic rings. The number of nitrogens with one attached hydrogen (secondary N) is 1. The molecule has 30 heavy (non-hydrogen) atoms. The van der Waals surface area contributed by atoms with E-state index in [0.717, 1.165) is 0 Å². The lowest BCUT2D eigenvalue weighted by molar-refractivity contribution is 0.0692. The Labute approximate surface area is 183 Å². The first kappa shape index (κ1) is 20.9. The van der Waals surface area contributed by atoms with Gasteiger partial charge in [0.1, 0.15) is 10.6 Å². The van der Waals surface area contributed by atoms with Gasteiger partial charge < -0.3 is 4.90 Å². The van der Waals surface area contributed by atoms with E-state index in [-0.39, 0.29) is 37.0 Å². The molecule has 0 bridgehead atoms. The van der Waals surface area contributed by atoms with Crippen LogP contribution >= 0.6 is 23.2 Å². The summed E-state index contributed by atoms with van der Waals surface area (Å²) >= 11 is 12.1. The molecule has 1 amide bonds. The number of piperazine rings is 1. The number of benzene rings is 1. The summed E-state index contributed by atoms with van der Waals surface area (Å²) in [6.07, 6.45) is 2.78. The highest BCUT2D eigenvalue weighted by Crippen LogP contribution is 2.29. The van der Waals surface area contributed by atoms with Crippen LogP contribution in [0.15, 0.2) is 41.6 Å². The van der Waals surface area contributed by atoms with E-state index in [1.165, 1.54) is 21.4 Å². The minimum absolute atomic E-state index is 0.142. The monoisotopic (exact) mass is 468 g/mol. The summed E-state index contributed by atoms with van der Waals surface area (Å²) < 4.78 is 28.2. The van der Waals surface area contributed by atoms with Gasteiger partial charge in [0, 0.05) is 50.0 Å². The van der Waals surface area contributed by atoms with Crippen molar-refractivity contribution in [1.82, 2.24) is 29.2 Å². The lowest BCUT2D eigenvalue weighted by Crippen LogP contribution is -2.50. The van der Waals surface area contributed by atoms with Crippen molar-refractivity contribution in [3.8, 4) is 11.3 Å². The second-order valence-corrected chi connectivity index (χ2v) is 9.62. The van der Waals surface area contributed by atoms with E-state index in [9.17, 15) is 13.2 Å². The van der Waals surface area contributed by atoms with Crippen LogP contribution in [0.4, 0.5) is 0 Å². The van der Waals surface area contributed by atoms with Crippen LogP contribution < -0.4 is 0 Å². The summed E-state index contributed by atoms with van der Waals surface area (Å²) in [5.74, 6) is -0.253. The minimum Gasteiger partial charge on any atom is -0.335 e. The summed E-state index contributed by atoms with van der Waals surface area (Å²) in [5.41, 5.74) is 1.49. The van der Waals surface area contributed by atoms with Gasteiger partial charge in [0.05, 0.1) is 16.9 Å². The van der Waals surface area contributed by atoms with Gasteiger partial charge in [0.25, 0.3) is 5.91 Å². The van der Waals surface area contributed by atoms with Crippen LogP contribution in [0.1, 0.15) is 10.5 Å². The van der Waals surface area contributed by atoms with Crippen molar-refractivity contribution in [2.75, 3.05) is 26.2 Å². The number of sulfonamides is 1. The zero-order chi connectivity index (χ0) is 21.5. The Hall–Kier alpha value is -2.40. The van der Waals surface area contributed by atoms with Gasteiger partial charge in [0.2, 0.25) is 10.0 Å². The third-order valence-corrected chi connectivity index (χ3v) is 7.26. The second kappa shape index (κ2) is 8.03.